The lowest BCUT2D eigenvalue weighted by Gasteiger charge is -2.36. The smallest absolute Gasteiger partial charge is 0.231 e. The minimum Gasteiger partial charge on any atom is -0.474 e. The van der Waals surface area contributed by atoms with Crippen molar-refractivity contribution in [1.82, 2.24) is 29.8 Å². The van der Waals surface area contributed by atoms with Crippen LogP contribution >= 0.6 is 0 Å². The highest BCUT2D eigenvalue weighted by molar-refractivity contribution is 5.92. The van der Waals surface area contributed by atoms with Gasteiger partial charge < -0.3 is 24.3 Å². The molecule has 0 bridgehead atoms. The number of rotatable bonds is 6. The maximum Gasteiger partial charge on any atom is 0.231 e. The Labute approximate surface area is 202 Å². The summed E-state index contributed by atoms with van der Waals surface area (Å²) < 4.78 is 13.8. The normalized spacial score (nSPS) is 19.2. The van der Waals surface area contributed by atoms with E-state index in [1.807, 2.05) is 24.4 Å². The van der Waals surface area contributed by atoms with Crippen molar-refractivity contribution >= 4 is 28.3 Å². The molecule has 4 aromatic rings. The summed E-state index contributed by atoms with van der Waals surface area (Å²) in [5, 5.41) is 8.53. The number of imidazole rings is 1. The first-order valence-corrected chi connectivity index (χ1v) is 12.1. The molecule has 2 aliphatic rings. The van der Waals surface area contributed by atoms with E-state index in [2.05, 4.69) is 39.3 Å². The van der Waals surface area contributed by atoms with Gasteiger partial charge in [-0.15, -0.1) is 5.10 Å². The molecule has 6 heterocycles. The third-order valence-corrected chi connectivity index (χ3v) is 7.03. The Kier molecular flexibility index (Phi) is 5.52. The van der Waals surface area contributed by atoms with Crippen LogP contribution in [0.4, 0.5) is 5.82 Å². The molecule has 4 aromatic heterocycles. The molecule has 0 unspecified atom stereocenters. The van der Waals surface area contributed by atoms with Gasteiger partial charge in [0.2, 0.25) is 11.8 Å². The fourth-order valence-corrected chi connectivity index (χ4v) is 5.01. The van der Waals surface area contributed by atoms with Crippen LogP contribution < -0.4 is 15.0 Å². The molecule has 0 aromatic carbocycles. The Bertz CT molecular complexity index is 1370. The van der Waals surface area contributed by atoms with Crippen molar-refractivity contribution in [1.29, 1.82) is 0 Å². The Morgan fingerprint density at radius 1 is 1.17 bits per heavy atom. The van der Waals surface area contributed by atoms with Crippen LogP contribution in [0.3, 0.4) is 0 Å². The molecular weight excluding hydrogens is 446 g/mol. The molecular formula is C25H29N7O3. The summed E-state index contributed by atoms with van der Waals surface area (Å²) in [5.74, 6) is 2.18. The number of nitrogens with zero attached hydrogens (tertiary/aromatic N) is 6. The fraction of sp³-hybridized carbons (Fsp3) is 0.440. The van der Waals surface area contributed by atoms with E-state index in [4.69, 9.17) is 14.1 Å². The zero-order valence-electron chi connectivity index (χ0n) is 20.0. The summed E-state index contributed by atoms with van der Waals surface area (Å²) in [6, 6.07) is 8.21. The highest BCUT2D eigenvalue weighted by Gasteiger charge is 2.25. The van der Waals surface area contributed by atoms with E-state index < -0.39 is 0 Å². The van der Waals surface area contributed by atoms with Gasteiger partial charge in [-0.25, -0.2) is 14.5 Å². The predicted octanol–water partition coefficient (Wildman–Crippen LogP) is 2.73. The van der Waals surface area contributed by atoms with Crippen LogP contribution in [0.2, 0.25) is 0 Å². The molecule has 35 heavy (non-hydrogen) atoms. The summed E-state index contributed by atoms with van der Waals surface area (Å²) in [6.45, 7) is 2.32. The van der Waals surface area contributed by atoms with E-state index in [-0.39, 0.29) is 11.9 Å². The first-order valence-electron chi connectivity index (χ1n) is 12.1. The number of piperidine rings is 1. The SMILES string of the molecule is CN(C)C1CCN(c2nccc3oc(-c4cnc5ccc(OC[C@H]6CCC(=O)N6)nn45)cc23)CC1. The topological polar surface area (TPSA) is 101 Å². The maximum atomic E-state index is 11.4. The van der Waals surface area contributed by atoms with Gasteiger partial charge in [-0.1, -0.05) is 0 Å². The van der Waals surface area contributed by atoms with Crippen molar-refractivity contribution in [3.63, 3.8) is 0 Å². The lowest BCUT2D eigenvalue weighted by atomic mass is 10.0. The second-order valence-corrected chi connectivity index (χ2v) is 9.54. The molecule has 2 aliphatic heterocycles. The molecule has 1 amide bonds. The molecule has 10 nitrogen and oxygen atoms in total. The van der Waals surface area contributed by atoms with E-state index in [1.165, 1.54) is 0 Å². The second kappa shape index (κ2) is 8.84. The monoisotopic (exact) mass is 475 g/mol. The second-order valence-electron chi connectivity index (χ2n) is 9.54. The molecule has 2 fully saturated rings. The zero-order chi connectivity index (χ0) is 23.9. The van der Waals surface area contributed by atoms with Crippen LogP contribution in [-0.4, -0.2) is 76.3 Å². The fourth-order valence-electron chi connectivity index (χ4n) is 5.01. The van der Waals surface area contributed by atoms with E-state index in [1.54, 1.807) is 16.8 Å². The van der Waals surface area contributed by atoms with E-state index in [0.29, 0.717) is 36.4 Å². The molecule has 0 saturated carbocycles. The number of hydrogen-bond donors (Lipinski definition) is 1. The van der Waals surface area contributed by atoms with E-state index >= 15 is 0 Å². The summed E-state index contributed by atoms with van der Waals surface area (Å²) >= 11 is 0. The number of carbonyl (C=O) groups is 1. The number of aromatic nitrogens is 4. The highest BCUT2D eigenvalue weighted by Crippen LogP contribution is 2.34. The number of hydrogen-bond acceptors (Lipinski definition) is 8. The quantitative estimate of drug-likeness (QED) is 0.454. The Morgan fingerprint density at radius 3 is 2.80 bits per heavy atom. The van der Waals surface area contributed by atoms with Crippen LogP contribution in [0.15, 0.2) is 41.1 Å². The number of amides is 1. The van der Waals surface area contributed by atoms with Crippen LogP contribution in [0.1, 0.15) is 25.7 Å². The van der Waals surface area contributed by atoms with Crippen LogP contribution in [0.25, 0.3) is 28.1 Å². The first kappa shape index (κ1) is 21.8. The minimum absolute atomic E-state index is 0.0198. The summed E-state index contributed by atoms with van der Waals surface area (Å²) in [5.41, 5.74) is 2.23. The number of fused-ring (bicyclic) bond motifs is 2. The van der Waals surface area contributed by atoms with Gasteiger partial charge in [0.25, 0.3) is 0 Å². The molecule has 0 radical (unpaired) electrons. The Morgan fingerprint density at radius 2 is 2.03 bits per heavy atom. The lowest BCUT2D eigenvalue weighted by Crippen LogP contribution is -2.42. The maximum absolute atomic E-state index is 11.4. The third-order valence-electron chi connectivity index (χ3n) is 7.03. The van der Waals surface area contributed by atoms with Gasteiger partial charge in [0.05, 0.1) is 17.6 Å². The standard InChI is InChI=1S/C25H29N7O3/c1-30(2)17-8-11-31(12-9-17)25-18-13-21(35-20(18)7-10-26-25)19-14-27-22-4-6-24(29-32(19)22)34-15-16-3-5-23(33)28-16/h4,6-7,10,13-14,16-17H,3,5,8-9,11-12,15H2,1-2H3,(H,28,33)/t16-/m1/s1. The average Bonchev–Trinajstić information content (AvgIpc) is 3.59. The first-order chi connectivity index (χ1) is 17.0. The molecule has 0 spiro atoms. The van der Waals surface area contributed by atoms with Gasteiger partial charge >= 0.3 is 0 Å². The van der Waals surface area contributed by atoms with Crippen molar-refractivity contribution in [3.05, 3.63) is 36.7 Å². The average molecular weight is 476 g/mol. The number of anilines is 1. The Balaban J connectivity index is 1.27. The molecule has 0 aliphatic carbocycles. The molecule has 6 rings (SSSR count). The minimum atomic E-state index is 0.0198. The van der Waals surface area contributed by atoms with E-state index in [0.717, 1.165) is 54.8 Å². The van der Waals surface area contributed by atoms with Crippen molar-refractivity contribution in [2.45, 2.75) is 37.8 Å². The van der Waals surface area contributed by atoms with Crippen molar-refractivity contribution in [2.75, 3.05) is 38.7 Å². The molecule has 2 saturated heterocycles. The molecule has 1 N–H and O–H groups in total. The van der Waals surface area contributed by atoms with Gasteiger partial charge in [0, 0.05) is 37.8 Å². The van der Waals surface area contributed by atoms with Gasteiger partial charge in [-0.05, 0) is 51.6 Å². The highest BCUT2D eigenvalue weighted by atomic mass is 16.5. The Hall–Kier alpha value is -3.66. The zero-order valence-corrected chi connectivity index (χ0v) is 20.0. The summed E-state index contributed by atoms with van der Waals surface area (Å²) in [7, 11) is 4.29. The number of carbonyl (C=O) groups excluding carboxylic acids is 1. The van der Waals surface area contributed by atoms with Crippen molar-refractivity contribution in [3.8, 4) is 17.3 Å². The molecule has 10 heteroatoms. The van der Waals surface area contributed by atoms with Crippen LogP contribution in [0.5, 0.6) is 5.88 Å². The summed E-state index contributed by atoms with van der Waals surface area (Å²) in [6.07, 6.45) is 7.11. The van der Waals surface area contributed by atoms with Crippen molar-refractivity contribution < 1.29 is 13.9 Å². The predicted molar refractivity (Wildman–Crippen MR) is 132 cm³/mol. The van der Waals surface area contributed by atoms with E-state index in [9.17, 15) is 4.79 Å². The lowest BCUT2D eigenvalue weighted by molar-refractivity contribution is -0.119. The molecule has 1 atom stereocenters. The molecule has 182 valence electrons. The van der Waals surface area contributed by atoms with Crippen molar-refractivity contribution in [2.24, 2.45) is 0 Å². The largest absolute Gasteiger partial charge is 0.474 e. The summed E-state index contributed by atoms with van der Waals surface area (Å²) in [4.78, 5) is 25.3. The third kappa shape index (κ3) is 4.18. The number of ether oxygens (including phenoxy) is 1. The number of nitrogens with one attached hydrogen (secondary N) is 1. The van der Waals surface area contributed by atoms with Gasteiger partial charge in [0.15, 0.2) is 11.4 Å². The number of pyridine rings is 1. The van der Waals surface area contributed by atoms with Crippen LogP contribution in [-0.2, 0) is 4.79 Å². The van der Waals surface area contributed by atoms with Gasteiger partial charge in [0.1, 0.15) is 23.7 Å². The van der Waals surface area contributed by atoms with Crippen LogP contribution in [0, 0.1) is 0 Å². The number of furan rings is 1. The van der Waals surface area contributed by atoms with Gasteiger partial charge in [-0.3, -0.25) is 4.79 Å². The van der Waals surface area contributed by atoms with Gasteiger partial charge in [-0.2, -0.15) is 0 Å².